The molecule has 41 heavy (non-hydrogen) atoms. The van der Waals surface area contributed by atoms with Crippen LogP contribution in [-0.4, -0.2) is 54.4 Å². The maximum Gasteiger partial charge on any atom is 0.193 e. The highest BCUT2D eigenvalue weighted by Crippen LogP contribution is 2.42. The zero-order chi connectivity index (χ0) is 31.1. The van der Waals surface area contributed by atoms with Crippen molar-refractivity contribution in [3.63, 3.8) is 0 Å². The summed E-state index contributed by atoms with van der Waals surface area (Å²) in [6, 6.07) is 11.4. The first-order valence-electron chi connectivity index (χ1n) is 15.8. The molecule has 0 saturated heterocycles. The Hall–Kier alpha value is -1.20. The molecule has 0 radical (unpaired) electrons. The average molecular weight is 608 g/mol. The van der Waals surface area contributed by atoms with Crippen molar-refractivity contribution in [3.05, 3.63) is 29.8 Å². The number of benzene rings is 1. The summed E-state index contributed by atoms with van der Waals surface area (Å²) >= 11 is 0. The van der Waals surface area contributed by atoms with Gasteiger partial charge in [-0.1, -0.05) is 79.6 Å². The van der Waals surface area contributed by atoms with Gasteiger partial charge in [-0.2, -0.15) is 0 Å². The van der Waals surface area contributed by atoms with E-state index in [2.05, 4.69) is 94.5 Å². The lowest BCUT2D eigenvalue weighted by Gasteiger charge is -2.45. The van der Waals surface area contributed by atoms with Crippen molar-refractivity contribution < 1.29 is 23.2 Å². The van der Waals surface area contributed by atoms with Gasteiger partial charge in [-0.25, -0.2) is 0 Å². The Morgan fingerprint density at radius 1 is 0.951 bits per heavy atom. The Bertz CT molecular complexity index is 949. The fraction of sp³-hybridized carbons (Fsp3) is 0.788. The molecule has 1 aromatic rings. The molecule has 0 spiro atoms. The lowest BCUT2D eigenvalue weighted by molar-refractivity contribution is -0.102. The van der Waals surface area contributed by atoms with Crippen molar-refractivity contribution in [1.82, 2.24) is 0 Å². The van der Waals surface area contributed by atoms with Crippen LogP contribution >= 0.6 is 0 Å². The van der Waals surface area contributed by atoms with Gasteiger partial charge in [-0.3, -0.25) is 0 Å². The number of methoxy groups -OCH3 is 1. The van der Waals surface area contributed by atoms with Crippen LogP contribution in [0.2, 0.25) is 36.3 Å². The standard InChI is InChI=1S/C33H61NO5Si2/c1-14-41(15-2,16-3)39-33(10,21-25(4)22-36-24-28-17-19-29(35-11)20-18-28)31-27(6)30(34-38-31)26(5)23-37-40(12,13)32(7,8)9/h17-20,25-27,31H,14-16,21-24H2,1-13H3/t25-,26+,27+,31-,33-/m1/s1. The van der Waals surface area contributed by atoms with Crippen LogP contribution in [0.1, 0.15) is 81.2 Å². The molecule has 0 unspecified atom stereocenters. The third-order valence-corrected chi connectivity index (χ3v) is 19.0. The van der Waals surface area contributed by atoms with Gasteiger partial charge in [0, 0.05) is 25.0 Å². The maximum atomic E-state index is 7.32. The third-order valence-electron chi connectivity index (χ3n) is 9.77. The predicted octanol–water partition coefficient (Wildman–Crippen LogP) is 9.07. The highest BCUT2D eigenvalue weighted by atomic mass is 28.4. The van der Waals surface area contributed by atoms with E-state index in [0.29, 0.717) is 25.7 Å². The zero-order valence-corrected chi connectivity index (χ0v) is 30.6. The molecule has 0 N–H and O–H groups in total. The molecule has 1 aromatic carbocycles. The minimum absolute atomic E-state index is 0.131. The van der Waals surface area contributed by atoms with Gasteiger partial charge in [0.1, 0.15) is 5.75 Å². The van der Waals surface area contributed by atoms with Crippen LogP contribution in [-0.2, 0) is 25.0 Å². The van der Waals surface area contributed by atoms with E-state index >= 15 is 0 Å². The first kappa shape index (κ1) is 36.0. The molecule has 0 aromatic heterocycles. The Kier molecular flexibility index (Phi) is 13.2. The summed E-state index contributed by atoms with van der Waals surface area (Å²) in [5, 5.41) is 4.89. The molecule has 2 rings (SSSR count). The minimum Gasteiger partial charge on any atom is -0.497 e. The highest BCUT2D eigenvalue weighted by Gasteiger charge is 2.51. The molecule has 0 fully saturated rings. The SMILES string of the molecule is CC[Si](CC)(CC)O[C@](C)(C[C@@H](C)COCc1ccc(OC)cc1)[C@@H]1ON=C([C@@H](C)CO[Si](C)(C)C(C)(C)C)[C@@H]1C. The van der Waals surface area contributed by atoms with E-state index in [9.17, 15) is 0 Å². The summed E-state index contributed by atoms with van der Waals surface area (Å²) in [5.41, 5.74) is 1.79. The van der Waals surface area contributed by atoms with Crippen LogP contribution in [0.4, 0.5) is 0 Å². The van der Waals surface area contributed by atoms with Gasteiger partial charge in [-0.05, 0) is 73.2 Å². The molecule has 0 aliphatic carbocycles. The van der Waals surface area contributed by atoms with Gasteiger partial charge >= 0.3 is 0 Å². The van der Waals surface area contributed by atoms with E-state index < -0.39 is 22.2 Å². The molecule has 8 heteroatoms. The van der Waals surface area contributed by atoms with Gasteiger partial charge in [0.25, 0.3) is 0 Å². The average Bonchev–Trinajstić information content (AvgIpc) is 3.32. The van der Waals surface area contributed by atoms with E-state index in [1.54, 1.807) is 7.11 Å². The van der Waals surface area contributed by atoms with Crippen LogP contribution in [0.25, 0.3) is 0 Å². The van der Waals surface area contributed by atoms with Crippen molar-refractivity contribution >= 4 is 22.3 Å². The Morgan fingerprint density at radius 2 is 1.54 bits per heavy atom. The molecule has 6 nitrogen and oxygen atoms in total. The molecule has 236 valence electrons. The van der Waals surface area contributed by atoms with E-state index in [1.165, 1.54) is 0 Å². The van der Waals surface area contributed by atoms with Crippen molar-refractivity contribution in [1.29, 1.82) is 0 Å². The lowest BCUT2D eigenvalue weighted by Crippen LogP contribution is -2.55. The minimum atomic E-state index is -1.92. The smallest absolute Gasteiger partial charge is 0.193 e. The third kappa shape index (κ3) is 9.39. The number of nitrogens with zero attached hydrogens (tertiary/aromatic N) is 1. The summed E-state index contributed by atoms with van der Waals surface area (Å²) in [6.07, 6.45) is 0.727. The van der Waals surface area contributed by atoms with E-state index in [4.69, 9.17) is 28.3 Å². The van der Waals surface area contributed by atoms with E-state index in [0.717, 1.165) is 41.6 Å². The fourth-order valence-corrected chi connectivity index (χ4v) is 10.0. The molecule has 5 atom stereocenters. The first-order chi connectivity index (χ1) is 19.1. The van der Waals surface area contributed by atoms with Crippen molar-refractivity contribution in [2.75, 3.05) is 20.3 Å². The van der Waals surface area contributed by atoms with Gasteiger partial charge in [-0.15, -0.1) is 0 Å². The molecule has 1 heterocycles. The normalized spacial score (nSPS) is 21.1. The van der Waals surface area contributed by atoms with Crippen molar-refractivity contribution in [2.24, 2.45) is 22.9 Å². The summed E-state index contributed by atoms with van der Waals surface area (Å²) in [5.74, 6) is 1.51. The Labute approximate surface area is 254 Å². The monoisotopic (exact) mass is 607 g/mol. The summed E-state index contributed by atoms with van der Waals surface area (Å²) in [4.78, 5) is 6.33. The lowest BCUT2D eigenvalue weighted by atomic mass is 9.79. The first-order valence-corrected chi connectivity index (χ1v) is 21.3. The molecule has 0 bridgehead atoms. The van der Waals surface area contributed by atoms with Crippen LogP contribution < -0.4 is 4.74 Å². The number of oxime groups is 1. The number of hydrogen-bond donors (Lipinski definition) is 0. The number of hydrogen-bond acceptors (Lipinski definition) is 6. The second-order valence-corrected chi connectivity index (χ2v) is 23.6. The highest BCUT2D eigenvalue weighted by molar-refractivity contribution is 6.74. The van der Waals surface area contributed by atoms with Gasteiger partial charge in [0.15, 0.2) is 22.7 Å². The molecular formula is C33H61NO5Si2. The van der Waals surface area contributed by atoms with Gasteiger partial charge in [0.05, 0.1) is 25.0 Å². The van der Waals surface area contributed by atoms with E-state index in [-0.39, 0.29) is 23.0 Å². The van der Waals surface area contributed by atoms with Crippen LogP contribution in [0.3, 0.4) is 0 Å². The van der Waals surface area contributed by atoms with Gasteiger partial charge < -0.3 is 23.2 Å². The summed E-state index contributed by atoms with van der Waals surface area (Å²) in [6.45, 7) is 29.3. The fourth-order valence-electron chi connectivity index (χ4n) is 5.79. The predicted molar refractivity (Wildman–Crippen MR) is 177 cm³/mol. The zero-order valence-electron chi connectivity index (χ0n) is 28.6. The van der Waals surface area contributed by atoms with Crippen molar-refractivity contribution in [3.8, 4) is 5.75 Å². The largest absolute Gasteiger partial charge is 0.497 e. The van der Waals surface area contributed by atoms with E-state index in [1.807, 2.05) is 12.1 Å². The van der Waals surface area contributed by atoms with Crippen LogP contribution in [0.5, 0.6) is 5.75 Å². The maximum absolute atomic E-state index is 7.32. The summed E-state index contributed by atoms with van der Waals surface area (Å²) in [7, 11) is -2.08. The Balaban J connectivity index is 2.15. The van der Waals surface area contributed by atoms with Gasteiger partial charge in [0.2, 0.25) is 0 Å². The topological polar surface area (TPSA) is 58.5 Å². The second-order valence-electron chi connectivity index (χ2n) is 14.1. The number of ether oxygens (including phenoxy) is 2. The quantitative estimate of drug-likeness (QED) is 0.165. The summed E-state index contributed by atoms with van der Waals surface area (Å²) < 4.78 is 25.4. The Morgan fingerprint density at radius 3 is 2.05 bits per heavy atom. The molecule has 0 amide bonds. The second kappa shape index (κ2) is 15.0. The molecule has 0 saturated carbocycles. The molecule has 1 aliphatic heterocycles. The molecule has 1 aliphatic rings. The number of rotatable bonds is 17. The van der Waals surface area contributed by atoms with Crippen LogP contribution in [0, 0.1) is 17.8 Å². The van der Waals surface area contributed by atoms with Crippen LogP contribution in [0.15, 0.2) is 29.4 Å². The van der Waals surface area contributed by atoms with Crippen molar-refractivity contribution in [2.45, 2.75) is 130 Å². The molecular weight excluding hydrogens is 547 g/mol.